The molecule has 1 amide bonds. The predicted molar refractivity (Wildman–Crippen MR) is 81.2 cm³/mol. The SMILES string of the molecule is CC(C)(NC(=O)c1cc(N)cc(Br)c1)c1nccs1. The van der Waals surface area contributed by atoms with Gasteiger partial charge in [0.1, 0.15) is 5.01 Å². The minimum Gasteiger partial charge on any atom is -0.399 e. The number of amides is 1. The van der Waals surface area contributed by atoms with Gasteiger partial charge in [-0.25, -0.2) is 4.98 Å². The van der Waals surface area contributed by atoms with E-state index in [1.165, 1.54) is 11.3 Å². The van der Waals surface area contributed by atoms with Crippen molar-refractivity contribution in [3.63, 3.8) is 0 Å². The number of thiazole rings is 1. The molecule has 1 heterocycles. The molecular formula is C13H14BrN3OS. The largest absolute Gasteiger partial charge is 0.399 e. The summed E-state index contributed by atoms with van der Waals surface area (Å²) in [6.45, 7) is 3.84. The molecule has 0 unspecified atom stereocenters. The topological polar surface area (TPSA) is 68.0 Å². The second-order valence-electron chi connectivity index (χ2n) is 4.69. The van der Waals surface area contributed by atoms with Crippen LogP contribution in [0.4, 0.5) is 5.69 Å². The Hall–Kier alpha value is -1.40. The van der Waals surface area contributed by atoms with Crippen LogP contribution in [-0.4, -0.2) is 10.9 Å². The van der Waals surface area contributed by atoms with Crippen molar-refractivity contribution in [2.45, 2.75) is 19.4 Å². The molecule has 4 nitrogen and oxygen atoms in total. The Bertz CT molecular complexity index is 576. The molecule has 0 aliphatic carbocycles. The Morgan fingerprint density at radius 1 is 1.42 bits per heavy atom. The Kier molecular flexibility index (Phi) is 3.91. The number of nitrogen functional groups attached to an aromatic ring is 1. The third-order valence-electron chi connectivity index (χ3n) is 2.58. The van der Waals surface area contributed by atoms with Crippen LogP contribution >= 0.6 is 27.3 Å². The van der Waals surface area contributed by atoms with Gasteiger partial charge in [-0.15, -0.1) is 11.3 Å². The van der Waals surface area contributed by atoms with E-state index in [1.54, 1.807) is 24.4 Å². The van der Waals surface area contributed by atoms with Crippen LogP contribution in [0.1, 0.15) is 29.2 Å². The van der Waals surface area contributed by atoms with E-state index in [0.717, 1.165) is 9.48 Å². The Morgan fingerprint density at radius 2 is 2.16 bits per heavy atom. The van der Waals surface area contributed by atoms with Gasteiger partial charge in [0.2, 0.25) is 0 Å². The number of hydrogen-bond acceptors (Lipinski definition) is 4. The second-order valence-corrected chi connectivity index (χ2v) is 6.50. The zero-order chi connectivity index (χ0) is 14.0. The summed E-state index contributed by atoms with van der Waals surface area (Å²) in [4.78, 5) is 16.5. The first kappa shape index (κ1) is 14.0. The fourth-order valence-electron chi connectivity index (χ4n) is 1.69. The molecule has 0 aliphatic rings. The number of aromatic nitrogens is 1. The molecule has 0 saturated carbocycles. The molecule has 0 saturated heterocycles. The molecule has 0 atom stereocenters. The van der Waals surface area contributed by atoms with E-state index in [1.807, 2.05) is 19.2 Å². The van der Waals surface area contributed by atoms with Gasteiger partial charge in [0.25, 0.3) is 5.91 Å². The number of nitrogens with zero attached hydrogens (tertiary/aromatic N) is 1. The number of nitrogens with one attached hydrogen (secondary N) is 1. The molecule has 0 aliphatic heterocycles. The van der Waals surface area contributed by atoms with E-state index in [4.69, 9.17) is 5.73 Å². The molecule has 0 fully saturated rings. The number of anilines is 1. The summed E-state index contributed by atoms with van der Waals surface area (Å²) < 4.78 is 0.782. The van der Waals surface area contributed by atoms with Crippen molar-refractivity contribution < 1.29 is 4.79 Å². The summed E-state index contributed by atoms with van der Waals surface area (Å²) in [5, 5.41) is 5.72. The normalized spacial score (nSPS) is 11.3. The zero-order valence-electron chi connectivity index (χ0n) is 10.6. The van der Waals surface area contributed by atoms with Crippen LogP contribution < -0.4 is 11.1 Å². The number of halogens is 1. The molecule has 0 spiro atoms. The molecule has 1 aromatic heterocycles. The summed E-state index contributed by atoms with van der Waals surface area (Å²) >= 11 is 4.84. The van der Waals surface area contributed by atoms with Crippen LogP contribution in [0.15, 0.2) is 34.2 Å². The van der Waals surface area contributed by atoms with Crippen LogP contribution in [-0.2, 0) is 5.54 Å². The lowest BCUT2D eigenvalue weighted by Crippen LogP contribution is -2.40. The molecule has 3 N–H and O–H groups in total. The maximum Gasteiger partial charge on any atom is 0.252 e. The van der Waals surface area contributed by atoms with Gasteiger partial charge in [-0.1, -0.05) is 15.9 Å². The van der Waals surface area contributed by atoms with Gasteiger partial charge >= 0.3 is 0 Å². The fraction of sp³-hybridized carbons (Fsp3) is 0.231. The van der Waals surface area contributed by atoms with Crippen LogP contribution in [0.3, 0.4) is 0 Å². The molecule has 2 rings (SSSR count). The molecule has 0 radical (unpaired) electrons. The van der Waals surface area contributed by atoms with Gasteiger partial charge < -0.3 is 11.1 Å². The number of rotatable bonds is 3. The highest BCUT2D eigenvalue weighted by atomic mass is 79.9. The van der Waals surface area contributed by atoms with E-state index in [2.05, 4.69) is 26.2 Å². The molecule has 1 aromatic carbocycles. The fourth-order valence-corrected chi connectivity index (χ4v) is 2.91. The smallest absolute Gasteiger partial charge is 0.252 e. The van der Waals surface area contributed by atoms with Gasteiger partial charge in [-0.2, -0.15) is 0 Å². The summed E-state index contributed by atoms with van der Waals surface area (Å²) in [7, 11) is 0. The minimum absolute atomic E-state index is 0.173. The summed E-state index contributed by atoms with van der Waals surface area (Å²) in [5.41, 5.74) is 6.30. The maximum absolute atomic E-state index is 12.2. The minimum atomic E-state index is -0.512. The zero-order valence-corrected chi connectivity index (χ0v) is 13.0. The highest BCUT2D eigenvalue weighted by Crippen LogP contribution is 2.23. The first-order valence-electron chi connectivity index (χ1n) is 5.67. The molecule has 2 aromatic rings. The first-order chi connectivity index (χ1) is 8.88. The predicted octanol–water partition coefficient (Wildman–Crippen LogP) is 3.15. The van der Waals surface area contributed by atoms with Crippen molar-refractivity contribution in [1.29, 1.82) is 0 Å². The molecule has 6 heteroatoms. The van der Waals surface area contributed by atoms with Crippen molar-refractivity contribution in [2.75, 3.05) is 5.73 Å². The van der Waals surface area contributed by atoms with Crippen LogP contribution in [0, 0.1) is 0 Å². The Morgan fingerprint density at radius 3 is 2.74 bits per heavy atom. The summed E-state index contributed by atoms with van der Waals surface area (Å²) in [5.74, 6) is -0.173. The molecule has 19 heavy (non-hydrogen) atoms. The van der Waals surface area contributed by atoms with Gasteiger partial charge in [0.05, 0.1) is 5.54 Å². The van der Waals surface area contributed by atoms with E-state index in [9.17, 15) is 4.79 Å². The van der Waals surface area contributed by atoms with E-state index in [-0.39, 0.29) is 5.91 Å². The van der Waals surface area contributed by atoms with Crippen LogP contribution in [0.25, 0.3) is 0 Å². The van der Waals surface area contributed by atoms with E-state index < -0.39 is 5.54 Å². The summed E-state index contributed by atoms with van der Waals surface area (Å²) in [6, 6.07) is 5.14. The van der Waals surface area contributed by atoms with Crippen molar-refractivity contribution in [1.82, 2.24) is 10.3 Å². The lowest BCUT2D eigenvalue weighted by atomic mass is 10.1. The number of carbonyl (C=O) groups excluding carboxylic acids is 1. The summed E-state index contributed by atoms with van der Waals surface area (Å²) in [6.07, 6.45) is 1.73. The lowest BCUT2D eigenvalue weighted by Gasteiger charge is -2.24. The highest BCUT2D eigenvalue weighted by Gasteiger charge is 2.26. The number of hydrogen-bond donors (Lipinski definition) is 2. The quantitative estimate of drug-likeness (QED) is 0.844. The van der Waals surface area contributed by atoms with Crippen LogP contribution in [0.2, 0.25) is 0 Å². The molecule has 0 bridgehead atoms. The van der Waals surface area contributed by atoms with Gasteiger partial charge in [0, 0.05) is 27.3 Å². The first-order valence-corrected chi connectivity index (χ1v) is 7.34. The molecule has 100 valence electrons. The maximum atomic E-state index is 12.2. The lowest BCUT2D eigenvalue weighted by molar-refractivity contribution is 0.0912. The van der Waals surface area contributed by atoms with E-state index in [0.29, 0.717) is 11.3 Å². The van der Waals surface area contributed by atoms with Crippen molar-refractivity contribution in [3.8, 4) is 0 Å². The number of nitrogens with two attached hydrogens (primary N) is 1. The van der Waals surface area contributed by atoms with Gasteiger partial charge in [0.15, 0.2) is 0 Å². The average molecular weight is 340 g/mol. The number of carbonyl (C=O) groups is 1. The van der Waals surface area contributed by atoms with Crippen molar-refractivity contribution >= 4 is 38.9 Å². The highest BCUT2D eigenvalue weighted by molar-refractivity contribution is 9.10. The molecular weight excluding hydrogens is 326 g/mol. The van der Waals surface area contributed by atoms with E-state index >= 15 is 0 Å². The Labute approximate surface area is 124 Å². The second kappa shape index (κ2) is 5.30. The third-order valence-corrected chi connectivity index (χ3v) is 4.13. The standard InChI is InChI=1S/C13H14BrN3OS/c1-13(2,12-16-3-4-19-12)17-11(18)8-5-9(14)7-10(15)6-8/h3-7H,15H2,1-2H3,(H,17,18). The van der Waals surface area contributed by atoms with Gasteiger partial charge in [-0.3, -0.25) is 4.79 Å². The van der Waals surface area contributed by atoms with Crippen LogP contribution in [0.5, 0.6) is 0 Å². The average Bonchev–Trinajstić information content (AvgIpc) is 2.80. The Balaban J connectivity index is 2.21. The van der Waals surface area contributed by atoms with Crippen molar-refractivity contribution in [2.24, 2.45) is 0 Å². The number of benzene rings is 1. The third kappa shape index (κ3) is 3.33. The van der Waals surface area contributed by atoms with Gasteiger partial charge in [-0.05, 0) is 32.0 Å². The monoisotopic (exact) mass is 339 g/mol. The van der Waals surface area contributed by atoms with Crippen molar-refractivity contribution in [3.05, 3.63) is 44.8 Å².